The van der Waals surface area contributed by atoms with Gasteiger partial charge >= 0.3 is 18.0 Å². The molecule has 0 spiro atoms. The van der Waals surface area contributed by atoms with Gasteiger partial charge in [-0.1, -0.05) is 73.3 Å². The SMILES string of the molecule is C=CCOC(=O)C(C(=C1CCNC1=O)C1=C(C(=O)OC(c2ccccc2)c2ccccc2)N2C(=O)[C@@H](NC(=O)OC(C)(C)C)[C@H]2SC1)C1CCNCC1. The highest BCUT2D eigenvalue weighted by Crippen LogP contribution is 2.47. The van der Waals surface area contributed by atoms with Crippen molar-refractivity contribution in [1.29, 1.82) is 0 Å². The Balaban J connectivity index is 1.50. The van der Waals surface area contributed by atoms with Crippen LogP contribution in [-0.2, 0) is 33.4 Å². The van der Waals surface area contributed by atoms with E-state index >= 15 is 0 Å². The van der Waals surface area contributed by atoms with Gasteiger partial charge in [0.15, 0.2) is 6.10 Å². The van der Waals surface area contributed by atoms with Gasteiger partial charge < -0.3 is 30.2 Å². The third kappa shape index (κ3) is 8.36. The first-order valence-electron chi connectivity index (χ1n) is 18.0. The average molecular weight is 743 g/mol. The Labute approximate surface area is 313 Å². The van der Waals surface area contributed by atoms with Crippen molar-refractivity contribution in [2.24, 2.45) is 11.8 Å². The summed E-state index contributed by atoms with van der Waals surface area (Å²) in [6.45, 7) is 10.5. The van der Waals surface area contributed by atoms with Crippen LogP contribution >= 0.6 is 11.8 Å². The van der Waals surface area contributed by atoms with Crippen LogP contribution in [-0.4, -0.2) is 83.8 Å². The zero-order valence-corrected chi connectivity index (χ0v) is 31.0. The fraction of sp³-hybridized carbons (Fsp3) is 0.425. The maximum atomic E-state index is 14.9. The van der Waals surface area contributed by atoms with Crippen molar-refractivity contribution in [3.05, 3.63) is 107 Å². The van der Waals surface area contributed by atoms with Crippen LogP contribution in [0.25, 0.3) is 0 Å². The van der Waals surface area contributed by atoms with Crippen molar-refractivity contribution in [2.45, 2.75) is 63.2 Å². The number of hydrogen-bond donors (Lipinski definition) is 3. The van der Waals surface area contributed by atoms with E-state index in [0.717, 1.165) is 0 Å². The zero-order chi connectivity index (χ0) is 37.7. The molecule has 3 saturated heterocycles. The van der Waals surface area contributed by atoms with Crippen molar-refractivity contribution in [2.75, 3.05) is 32.0 Å². The fourth-order valence-electron chi connectivity index (χ4n) is 7.29. The number of fused-ring (bicyclic) bond motifs is 1. The van der Waals surface area contributed by atoms with Gasteiger partial charge in [-0.3, -0.25) is 19.3 Å². The van der Waals surface area contributed by atoms with E-state index in [9.17, 15) is 24.0 Å². The first-order valence-corrected chi connectivity index (χ1v) is 19.0. The molecule has 280 valence electrons. The molecule has 0 aliphatic carbocycles. The van der Waals surface area contributed by atoms with Crippen LogP contribution in [0, 0.1) is 11.8 Å². The minimum atomic E-state index is -0.984. The average Bonchev–Trinajstić information content (AvgIpc) is 3.58. The molecule has 1 unspecified atom stereocenters. The van der Waals surface area contributed by atoms with Gasteiger partial charge in [0.1, 0.15) is 29.3 Å². The number of rotatable bonds is 11. The molecular weight excluding hydrogens is 697 g/mol. The third-order valence-corrected chi connectivity index (χ3v) is 10.9. The van der Waals surface area contributed by atoms with Crippen molar-refractivity contribution < 1.29 is 38.2 Å². The molecule has 0 bridgehead atoms. The number of nitrogens with one attached hydrogen (secondary N) is 3. The van der Waals surface area contributed by atoms with Gasteiger partial charge in [0.25, 0.3) is 5.91 Å². The Morgan fingerprint density at radius 2 is 1.64 bits per heavy atom. The van der Waals surface area contributed by atoms with Gasteiger partial charge in [-0.2, -0.15) is 0 Å². The Morgan fingerprint density at radius 1 is 1.00 bits per heavy atom. The highest BCUT2D eigenvalue weighted by molar-refractivity contribution is 8.00. The molecule has 0 saturated carbocycles. The zero-order valence-electron chi connectivity index (χ0n) is 30.2. The number of hydrogen-bond acceptors (Lipinski definition) is 10. The lowest BCUT2D eigenvalue weighted by Gasteiger charge is -2.50. The van der Waals surface area contributed by atoms with Crippen LogP contribution < -0.4 is 16.0 Å². The summed E-state index contributed by atoms with van der Waals surface area (Å²) >= 11 is 1.33. The van der Waals surface area contributed by atoms with Crippen LogP contribution in [0.4, 0.5) is 4.79 Å². The number of benzene rings is 2. The Hall–Kier alpha value is -4.88. The predicted octanol–water partition coefficient (Wildman–Crippen LogP) is 4.54. The summed E-state index contributed by atoms with van der Waals surface area (Å²) in [5, 5.41) is 8.21. The van der Waals surface area contributed by atoms with E-state index in [1.54, 1.807) is 20.8 Å². The second-order valence-corrected chi connectivity index (χ2v) is 15.5. The highest BCUT2D eigenvalue weighted by Gasteiger charge is 2.56. The van der Waals surface area contributed by atoms with E-state index in [1.165, 1.54) is 22.7 Å². The van der Waals surface area contributed by atoms with E-state index in [0.29, 0.717) is 66.7 Å². The Kier molecular flexibility index (Phi) is 11.7. The lowest BCUT2D eigenvalue weighted by Crippen LogP contribution is -2.71. The molecule has 3 amide bonds. The van der Waals surface area contributed by atoms with Crippen molar-refractivity contribution >= 4 is 41.6 Å². The Bertz CT molecular complexity index is 1760. The van der Waals surface area contributed by atoms with Crippen LogP contribution in [0.1, 0.15) is 57.3 Å². The standard InChI is InChI=1S/C40H46N4O8S/c1-5-22-50-37(47)29(24-16-19-41-20-17-24)30(27-18-21-42-34(27)45)28-23-53-36-31(43-39(49)52-40(2,3)4)35(46)44(36)32(28)38(48)51-33(25-12-8-6-9-13-25)26-14-10-7-11-15-26/h5-15,24,29,31,33,36,41H,1,16-23H2,2-4H3,(H,42,45)(H,43,49)/t29?,31-,36-/m1/s1. The first-order chi connectivity index (χ1) is 25.5. The molecule has 4 aliphatic rings. The molecule has 0 aromatic heterocycles. The number of carbonyl (C=O) groups is 5. The topological polar surface area (TPSA) is 152 Å². The summed E-state index contributed by atoms with van der Waals surface area (Å²) < 4.78 is 17.5. The third-order valence-electron chi connectivity index (χ3n) is 9.61. The van der Waals surface area contributed by atoms with Gasteiger partial charge in [0.05, 0.1) is 5.92 Å². The normalized spacial score (nSPS) is 21.9. The van der Waals surface area contributed by atoms with Crippen LogP contribution in [0.15, 0.2) is 95.7 Å². The van der Waals surface area contributed by atoms with Crippen molar-refractivity contribution in [3.8, 4) is 0 Å². The molecule has 2 aromatic carbocycles. The molecule has 53 heavy (non-hydrogen) atoms. The van der Waals surface area contributed by atoms with Gasteiger partial charge in [-0.25, -0.2) is 9.59 Å². The number of thioether (sulfide) groups is 1. The summed E-state index contributed by atoms with van der Waals surface area (Å²) in [7, 11) is 0. The number of alkyl carbamates (subject to hydrolysis) is 1. The smallest absolute Gasteiger partial charge is 0.408 e. The maximum absolute atomic E-state index is 14.9. The number of piperidine rings is 1. The number of amides is 3. The maximum Gasteiger partial charge on any atom is 0.408 e. The van der Waals surface area contributed by atoms with E-state index in [4.69, 9.17) is 14.2 Å². The summed E-state index contributed by atoms with van der Waals surface area (Å²) in [4.78, 5) is 70.9. The lowest BCUT2D eigenvalue weighted by molar-refractivity contribution is -0.153. The summed E-state index contributed by atoms with van der Waals surface area (Å²) in [6.07, 6.45) is 1.46. The predicted molar refractivity (Wildman–Crippen MR) is 199 cm³/mol. The van der Waals surface area contributed by atoms with Gasteiger partial charge in [0.2, 0.25) is 5.91 Å². The number of nitrogens with zero attached hydrogens (tertiary/aromatic N) is 1. The van der Waals surface area contributed by atoms with Crippen LogP contribution in [0.5, 0.6) is 0 Å². The minimum absolute atomic E-state index is 0.0294. The monoisotopic (exact) mass is 742 g/mol. The molecule has 3 fully saturated rings. The Morgan fingerprint density at radius 3 is 2.21 bits per heavy atom. The minimum Gasteiger partial charge on any atom is -0.461 e. The molecule has 12 nitrogen and oxygen atoms in total. The second-order valence-electron chi connectivity index (χ2n) is 14.3. The molecule has 3 atom stereocenters. The van der Waals surface area contributed by atoms with E-state index in [1.807, 2.05) is 60.7 Å². The first kappa shape index (κ1) is 37.9. The van der Waals surface area contributed by atoms with Gasteiger partial charge in [0, 0.05) is 17.9 Å². The van der Waals surface area contributed by atoms with Gasteiger partial charge in [-0.15, -0.1) is 11.8 Å². The molecule has 4 aliphatic heterocycles. The lowest BCUT2D eigenvalue weighted by atomic mass is 9.75. The quantitative estimate of drug-likeness (QED) is 0.0984. The second kappa shape index (κ2) is 16.4. The summed E-state index contributed by atoms with van der Waals surface area (Å²) in [6, 6.07) is 17.6. The molecule has 4 heterocycles. The summed E-state index contributed by atoms with van der Waals surface area (Å²) in [5.41, 5.74) is 1.71. The van der Waals surface area contributed by atoms with E-state index in [-0.39, 0.29) is 29.9 Å². The van der Waals surface area contributed by atoms with E-state index < -0.39 is 53.0 Å². The fourth-order valence-corrected chi connectivity index (χ4v) is 8.65. The largest absolute Gasteiger partial charge is 0.461 e. The molecule has 0 radical (unpaired) electrons. The van der Waals surface area contributed by atoms with E-state index in [2.05, 4.69) is 22.5 Å². The number of esters is 2. The molecule has 3 N–H and O–H groups in total. The molecular formula is C40H46N4O8S. The summed E-state index contributed by atoms with van der Waals surface area (Å²) in [5.74, 6) is -3.18. The van der Waals surface area contributed by atoms with Crippen LogP contribution in [0.3, 0.4) is 0 Å². The van der Waals surface area contributed by atoms with Crippen molar-refractivity contribution in [3.63, 3.8) is 0 Å². The highest BCUT2D eigenvalue weighted by atomic mass is 32.2. The number of carbonyl (C=O) groups excluding carboxylic acids is 5. The van der Waals surface area contributed by atoms with Crippen molar-refractivity contribution in [1.82, 2.24) is 20.9 Å². The molecule has 2 aromatic rings. The molecule has 6 rings (SSSR count). The number of β-lactam (4-membered cyclic amide) rings is 1. The molecule has 13 heteroatoms. The van der Waals surface area contributed by atoms with Gasteiger partial charge in [-0.05, 0) is 81.3 Å². The van der Waals surface area contributed by atoms with Crippen LogP contribution in [0.2, 0.25) is 0 Å². The number of ether oxygens (including phenoxy) is 3.